The SMILES string of the molecule is Cl.O=C(Cc1cccc(O[C@@H](O)CCN(Cc2cccc(C(F)(F)F)c2Cl)CC(c2ccccc2)c2ccccc2)c1)N1CCOCC1. The van der Waals surface area contributed by atoms with E-state index in [4.69, 9.17) is 21.1 Å². The summed E-state index contributed by atoms with van der Waals surface area (Å²) in [5, 5.41) is 10.6. The van der Waals surface area contributed by atoms with Crippen LogP contribution in [0.1, 0.15) is 40.2 Å². The molecule has 1 heterocycles. The molecule has 48 heavy (non-hydrogen) atoms. The zero-order valence-corrected chi connectivity index (χ0v) is 27.9. The van der Waals surface area contributed by atoms with Gasteiger partial charge in [-0.3, -0.25) is 9.69 Å². The molecular formula is C37H39Cl2F3N2O4. The monoisotopic (exact) mass is 702 g/mol. The molecule has 1 aliphatic rings. The summed E-state index contributed by atoms with van der Waals surface area (Å²) in [5.74, 6) is 0.325. The Morgan fingerprint density at radius 1 is 0.917 bits per heavy atom. The molecule has 0 bridgehead atoms. The van der Waals surface area contributed by atoms with Crippen molar-refractivity contribution in [3.63, 3.8) is 0 Å². The second-order valence-electron chi connectivity index (χ2n) is 11.6. The maximum atomic E-state index is 13.7. The molecular weight excluding hydrogens is 664 g/mol. The summed E-state index contributed by atoms with van der Waals surface area (Å²) < 4.78 is 52.3. The molecule has 6 nitrogen and oxygen atoms in total. The molecule has 0 saturated carbocycles. The molecule has 1 saturated heterocycles. The highest BCUT2D eigenvalue weighted by molar-refractivity contribution is 6.32. The van der Waals surface area contributed by atoms with E-state index in [1.165, 1.54) is 6.07 Å². The van der Waals surface area contributed by atoms with Crippen LogP contribution in [0, 0.1) is 0 Å². The lowest BCUT2D eigenvalue weighted by molar-refractivity contribution is -0.137. The Hall–Kier alpha value is -3.60. The fourth-order valence-electron chi connectivity index (χ4n) is 5.77. The Morgan fingerprint density at radius 2 is 1.54 bits per heavy atom. The summed E-state index contributed by atoms with van der Waals surface area (Å²) in [6.45, 7) is 3.05. The zero-order valence-electron chi connectivity index (χ0n) is 26.3. The molecule has 256 valence electrons. The molecule has 4 aromatic carbocycles. The number of hydrogen-bond donors (Lipinski definition) is 1. The Bertz CT molecular complexity index is 1550. The maximum Gasteiger partial charge on any atom is 0.417 e. The number of morpholine rings is 1. The summed E-state index contributed by atoms with van der Waals surface area (Å²) in [7, 11) is 0. The van der Waals surface area contributed by atoms with Crippen LogP contribution in [0.5, 0.6) is 5.75 Å². The van der Waals surface area contributed by atoms with Crippen LogP contribution in [0.4, 0.5) is 13.2 Å². The van der Waals surface area contributed by atoms with E-state index in [2.05, 4.69) is 0 Å². The quantitative estimate of drug-likeness (QED) is 0.145. The highest BCUT2D eigenvalue weighted by atomic mass is 35.5. The molecule has 0 aliphatic carbocycles. The first-order valence-corrected chi connectivity index (χ1v) is 16.0. The van der Waals surface area contributed by atoms with Gasteiger partial charge in [-0.1, -0.05) is 96.5 Å². The third-order valence-electron chi connectivity index (χ3n) is 8.20. The van der Waals surface area contributed by atoms with Gasteiger partial charge < -0.3 is 19.5 Å². The summed E-state index contributed by atoms with van der Waals surface area (Å²) >= 11 is 6.32. The number of carbonyl (C=O) groups is 1. The molecule has 11 heteroatoms. The van der Waals surface area contributed by atoms with Crippen molar-refractivity contribution in [3.05, 3.63) is 136 Å². The van der Waals surface area contributed by atoms with Crippen LogP contribution in [-0.4, -0.2) is 66.5 Å². The van der Waals surface area contributed by atoms with E-state index in [1.54, 1.807) is 29.2 Å². The normalized spacial score (nSPS) is 14.1. The number of halogens is 5. The van der Waals surface area contributed by atoms with E-state index >= 15 is 0 Å². The van der Waals surface area contributed by atoms with E-state index in [-0.39, 0.29) is 48.6 Å². The summed E-state index contributed by atoms with van der Waals surface area (Å²) in [6, 6.07) is 30.8. The first-order valence-electron chi connectivity index (χ1n) is 15.6. The average molecular weight is 704 g/mol. The second kappa shape index (κ2) is 17.7. The van der Waals surface area contributed by atoms with Crippen molar-refractivity contribution < 1.29 is 32.5 Å². The minimum atomic E-state index is -4.58. The predicted molar refractivity (Wildman–Crippen MR) is 183 cm³/mol. The molecule has 1 amide bonds. The van der Waals surface area contributed by atoms with E-state index in [9.17, 15) is 23.1 Å². The number of alkyl halides is 3. The minimum Gasteiger partial charge on any atom is -0.465 e. The van der Waals surface area contributed by atoms with Gasteiger partial charge in [-0.15, -0.1) is 12.4 Å². The number of benzene rings is 4. The van der Waals surface area contributed by atoms with Crippen molar-refractivity contribution in [2.45, 2.75) is 37.8 Å². The molecule has 4 aromatic rings. The van der Waals surface area contributed by atoms with Crippen LogP contribution in [0.2, 0.25) is 5.02 Å². The molecule has 1 atom stereocenters. The van der Waals surface area contributed by atoms with Crippen molar-refractivity contribution in [1.82, 2.24) is 9.80 Å². The molecule has 0 radical (unpaired) electrons. The molecule has 1 fully saturated rings. The van der Waals surface area contributed by atoms with Gasteiger partial charge in [0, 0.05) is 45.1 Å². The van der Waals surface area contributed by atoms with Crippen molar-refractivity contribution in [3.8, 4) is 5.75 Å². The fourth-order valence-corrected chi connectivity index (χ4v) is 6.06. The van der Waals surface area contributed by atoms with E-state index in [1.807, 2.05) is 71.6 Å². The number of hydrogen-bond acceptors (Lipinski definition) is 5. The van der Waals surface area contributed by atoms with Crippen LogP contribution < -0.4 is 4.74 Å². The van der Waals surface area contributed by atoms with Crippen molar-refractivity contribution in [2.75, 3.05) is 39.4 Å². The number of amides is 1. The number of rotatable bonds is 13. The van der Waals surface area contributed by atoms with Gasteiger partial charge in [-0.05, 0) is 40.5 Å². The van der Waals surface area contributed by atoms with Gasteiger partial charge in [0.25, 0.3) is 0 Å². The van der Waals surface area contributed by atoms with Gasteiger partial charge >= 0.3 is 6.18 Å². The number of nitrogens with zero attached hydrogens (tertiary/aromatic N) is 2. The number of ether oxygens (including phenoxy) is 2. The smallest absolute Gasteiger partial charge is 0.417 e. The van der Waals surface area contributed by atoms with Crippen molar-refractivity contribution in [2.24, 2.45) is 0 Å². The number of aliphatic hydroxyl groups excluding tert-OH is 1. The average Bonchev–Trinajstić information content (AvgIpc) is 3.07. The lowest BCUT2D eigenvalue weighted by Gasteiger charge is -2.30. The van der Waals surface area contributed by atoms with E-state index in [0.29, 0.717) is 50.7 Å². The highest BCUT2D eigenvalue weighted by Crippen LogP contribution is 2.37. The van der Waals surface area contributed by atoms with Gasteiger partial charge in [-0.25, -0.2) is 0 Å². The molecule has 0 unspecified atom stereocenters. The predicted octanol–water partition coefficient (Wildman–Crippen LogP) is 7.60. The molecule has 0 spiro atoms. The van der Waals surface area contributed by atoms with Crippen LogP contribution in [0.15, 0.2) is 103 Å². The molecule has 1 N–H and O–H groups in total. The Balaban J connectivity index is 0.00000520. The largest absolute Gasteiger partial charge is 0.465 e. The van der Waals surface area contributed by atoms with Gasteiger partial charge in [0.1, 0.15) is 5.75 Å². The highest BCUT2D eigenvalue weighted by Gasteiger charge is 2.34. The van der Waals surface area contributed by atoms with Crippen LogP contribution in [-0.2, 0) is 28.7 Å². The summed E-state index contributed by atoms with van der Waals surface area (Å²) in [4.78, 5) is 16.5. The van der Waals surface area contributed by atoms with Gasteiger partial charge in [0.05, 0.1) is 30.2 Å². The first-order chi connectivity index (χ1) is 22.7. The van der Waals surface area contributed by atoms with Crippen molar-refractivity contribution in [1.29, 1.82) is 0 Å². The number of carbonyl (C=O) groups excluding carboxylic acids is 1. The van der Waals surface area contributed by atoms with Crippen molar-refractivity contribution >= 4 is 29.9 Å². The van der Waals surface area contributed by atoms with Crippen LogP contribution >= 0.6 is 24.0 Å². The Kier molecular flexibility index (Phi) is 13.7. The maximum absolute atomic E-state index is 13.7. The second-order valence-corrected chi connectivity index (χ2v) is 11.9. The van der Waals surface area contributed by atoms with Gasteiger partial charge in [0.2, 0.25) is 5.91 Å². The lowest BCUT2D eigenvalue weighted by Crippen LogP contribution is -2.41. The summed E-state index contributed by atoms with van der Waals surface area (Å²) in [5.41, 5.74) is 2.34. The first kappa shape index (κ1) is 37.2. The zero-order chi connectivity index (χ0) is 33.2. The minimum absolute atomic E-state index is 0. The fraction of sp³-hybridized carbons (Fsp3) is 0.324. The topological polar surface area (TPSA) is 62.2 Å². The van der Waals surface area contributed by atoms with E-state index in [0.717, 1.165) is 22.8 Å². The lowest BCUT2D eigenvalue weighted by atomic mass is 9.90. The van der Waals surface area contributed by atoms with Gasteiger partial charge in [-0.2, -0.15) is 13.2 Å². The molecule has 0 aromatic heterocycles. The third kappa shape index (κ3) is 10.4. The number of aliphatic hydroxyl groups is 1. The Labute approximate surface area is 290 Å². The standard InChI is InChI=1S/C37H38ClF3N2O4.ClH/c38-36-30(14-8-16-33(36)37(39,40)41)25-42(26-32(28-10-3-1-4-11-28)29-12-5-2-6-13-29)18-17-35(45)47-31-15-7-9-27(23-31)24-34(44)43-19-21-46-22-20-43;/h1-16,23,32,35,45H,17-22,24-26H2;1H/t35-;/m1./s1. The Morgan fingerprint density at radius 3 is 2.17 bits per heavy atom. The van der Waals surface area contributed by atoms with Crippen LogP contribution in [0.25, 0.3) is 0 Å². The van der Waals surface area contributed by atoms with Gasteiger partial charge in [0.15, 0.2) is 6.29 Å². The third-order valence-corrected chi connectivity index (χ3v) is 8.65. The molecule has 5 rings (SSSR count). The van der Waals surface area contributed by atoms with E-state index < -0.39 is 18.0 Å². The molecule has 1 aliphatic heterocycles. The summed E-state index contributed by atoms with van der Waals surface area (Å²) in [6.07, 6.45) is -5.41. The van der Waals surface area contributed by atoms with Crippen LogP contribution in [0.3, 0.4) is 0 Å².